The highest BCUT2D eigenvalue weighted by molar-refractivity contribution is 5.76. The molecule has 0 spiro atoms. The Balaban J connectivity index is 2.30. The van der Waals surface area contributed by atoms with E-state index < -0.39 is 0 Å². The van der Waals surface area contributed by atoms with Crippen molar-refractivity contribution in [1.82, 2.24) is 14.9 Å². The van der Waals surface area contributed by atoms with Crippen LogP contribution in [0.1, 0.15) is 12.7 Å². The van der Waals surface area contributed by atoms with Gasteiger partial charge in [-0.1, -0.05) is 0 Å². The van der Waals surface area contributed by atoms with Gasteiger partial charge < -0.3 is 14.6 Å². The Labute approximate surface area is 95.2 Å². The number of ether oxygens (including phenoxy) is 1. The number of nitrogens with zero attached hydrogens (tertiary/aromatic N) is 2. The normalized spacial score (nSPS) is 11.2. The number of aromatic amines is 1. The van der Waals surface area contributed by atoms with Gasteiger partial charge in [0.2, 0.25) is 0 Å². The van der Waals surface area contributed by atoms with Crippen LogP contribution in [0.25, 0.3) is 11.0 Å². The zero-order chi connectivity index (χ0) is 11.5. The van der Waals surface area contributed by atoms with Crippen LogP contribution in [0.15, 0.2) is 18.2 Å². The molecule has 0 unspecified atom stereocenters. The van der Waals surface area contributed by atoms with Gasteiger partial charge in [-0.2, -0.15) is 0 Å². The van der Waals surface area contributed by atoms with E-state index in [1.165, 1.54) is 0 Å². The van der Waals surface area contributed by atoms with Crippen molar-refractivity contribution < 1.29 is 4.74 Å². The molecule has 0 saturated carbocycles. The highest BCUT2D eigenvalue weighted by Crippen LogP contribution is 2.19. The zero-order valence-corrected chi connectivity index (χ0v) is 9.95. The molecular formula is C12H17N3O. The van der Waals surface area contributed by atoms with Crippen LogP contribution in [0.4, 0.5) is 0 Å². The molecule has 2 aromatic rings. The van der Waals surface area contributed by atoms with Crippen LogP contribution in [-0.2, 0) is 6.54 Å². The van der Waals surface area contributed by atoms with Crippen LogP contribution in [-0.4, -0.2) is 35.6 Å². The lowest BCUT2D eigenvalue weighted by Crippen LogP contribution is -2.11. The molecule has 0 aliphatic carbocycles. The number of H-pyrrole nitrogens is 1. The molecule has 1 heterocycles. The number of imidazole rings is 1. The molecule has 0 saturated heterocycles. The number of nitrogens with one attached hydrogen (secondary N) is 1. The first-order valence-corrected chi connectivity index (χ1v) is 5.45. The van der Waals surface area contributed by atoms with E-state index in [1.807, 2.05) is 39.2 Å². The van der Waals surface area contributed by atoms with Crippen molar-refractivity contribution in [3.63, 3.8) is 0 Å². The van der Waals surface area contributed by atoms with Crippen molar-refractivity contribution in [2.45, 2.75) is 13.5 Å². The highest BCUT2D eigenvalue weighted by atomic mass is 16.5. The van der Waals surface area contributed by atoms with Crippen molar-refractivity contribution in [2.24, 2.45) is 0 Å². The van der Waals surface area contributed by atoms with Gasteiger partial charge in [-0.15, -0.1) is 0 Å². The van der Waals surface area contributed by atoms with Crippen molar-refractivity contribution >= 4 is 11.0 Å². The molecule has 4 nitrogen and oxygen atoms in total. The van der Waals surface area contributed by atoms with E-state index in [4.69, 9.17) is 4.74 Å². The van der Waals surface area contributed by atoms with Gasteiger partial charge in [-0.3, -0.25) is 0 Å². The molecule has 0 aliphatic rings. The summed E-state index contributed by atoms with van der Waals surface area (Å²) in [6.07, 6.45) is 0. The minimum atomic E-state index is 0.685. The largest absolute Gasteiger partial charge is 0.494 e. The van der Waals surface area contributed by atoms with E-state index in [9.17, 15) is 0 Å². The first-order valence-electron chi connectivity index (χ1n) is 5.45. The molecule has 4 heteroatoms. The van der Waals surface area contributed by atoms with Crippen molar-refractivity contribution in [3.8, 4) is 5.75 Å². The maximum absolute atomic E-state index is 5.45. The molecule has 1 N–H and O–H groups in total. The van der Waals surface area contributed by atoms with Gasteiger partial charge in [0.15, 0.2) is 0 Å². The predicted molar refractivity (Wildman–Crippen MR) is 64.7 cm³/mol. The highest BCUT2D eigenvalue weighted by Gasteiger charge is 2.04. The minimum Gasteiger partial charge on any atom is -0.494 e. The number of hydrogen-bond acceptors (Lipinski definition) is 3. The van der Waals surface area contributed by atoms with E-state index in [2.05, 4.69) is 14.9 Å². The number of rotatable bonds is 4. The van der Waals surface area contributed by atoms with Gasteiger partial charge in [0.1, 0.15) is 11.6 Å². The van der Waals surface area contributed by atoms with Crippen LogP contribution < -0.4 is 4.74 Å². The molecule has 0 radical (unpaired) electrons. The summed E-state index contributed by atoms with van der Waals surface area (Å²) in [6.45, 7) is 3.48. The molecule has 0 atom stereocenters. The molecule has 0 fully saturated rings. The Kier molecular flexibility index (Phi) is 3.10. The SMILES string of the molecule is CCOc1ccc2nc(CN(C)C)[nH]c2c1. The van der Waals surface area contributed by atoms with Gasteiger partial charge in [0.05, 0.1) is 24.2 Å². The second-order valence-corrected chi connectivity index (χ2v) is 4.03. The van der Waals surface area contributed by atoms with Gasteiger partial charge >= 0.3 is 0 Å². The second kappa shape index (κ2) is 4.53. The fourth-order valence-corrected chi connectivity index (χ4v) is 1.67. The molecule has 86 valence electrons. The average Bonchev–Trinajstić information content (AvgIpc) is 2.58. The van der Waals surface area contributed by atoms with Gasteiger partial charge in [0, 0.05) is 6.07 Å². The molecule has 16 heavy (non-hydrogen) atoms. The van der Waals surface area contributed by atoms with Crippen molar-refractivity contribution in [2.75, 3.05) is 20.7 Å². The molecule has 0 amide bonds. The van der Waals surface area contributed by atoms with Crippen molar-refractivity contribution in [1.29, 1.82) is 0 Å². The third kappa shape index (κ3) is 2.33. The van der Waals surface area contributed by atoms with Crippen LogP contribution in [0.3, 0.4) is 0 Å². The van der Waals surface area contributed by atoms with E-state index in [-0.39, 0.29) is 0 Å². The smallest absolute Gasteiger partial charge is 0.121 e. The van der Waals surface area contributed by atoms with Gasteiger partial charge in [0.25, 0.3) is 0 Å². The summed E-state index contributed by atoms with van der Waals surface area (Å²) in [4.78, 5) is 9.88. The van der Waals surface area contributed by atoms with E-state index in [1.54, 1.807) is 0 Å². The van der Waals surface area contributed by atoms with Gasteiger partial charge in [-0.05, 0) is 33.2 Å². The fourth-order valence-electron chi connectivity index (χ4n) is 1.67. The standard InChI is InChI=1S/C12H17N3O/c1-4-16-9-5-6-10-11(7-9)14-12(13-10)8-15(2)3/h5-7H,4,8H2,1-3H3,(H,13,14). The topological polar surface area (TPSA) is 41.1 Å². The average molecular weight is 219 g/mol. The summed E-state index contributed by atoms with van der Waals surface area (Å²) in [5.74, 6) is 1.86. The van der Waals surface area contributed by atoms with Crippen molar-refractivity contribution in [3.05, 3.63) is 24.0 Å². The van der Waals surface area contributed by atoms with Crippen LogP contribution in [0.5, 0.6) is 5.75 Å². The van der Waals surface area contributed by atoms with Crippen LogP contribution in [0, 0.1) is 0 Å². The maximum Gasteiger partial charge on any atom is 0.121 e. The van der Waals surface area contributed by atoms with E-state index >= 15 is 0 Å². The maximum atomic E-state index is 5.45. The van der Waals surface area contributed by atoms with Gasteiger partial charge in [-0.25, -0.2) is 4.98 Å². The van der Waals surface area contributed by atoms with Crippen LogP contribution in [0.2, 0.25) is 0 Å². The minimum absolute atomic E-state index is 0.685. The molecular weight excluding hydrogens is 202 g/mol. The number of hydrogen-bond donors (Lipinski definition) is 1. The Morgan fingerprint density at radius 1 is 1.38 bits per heavy atom. The Hall–Kier alpha value is -1.55. The zero-order valence-electron chi connectivity index (χ0n) is 9.95. The lowest BCUT2D eigenvalue weighted by molar-refractivity contribution is 0.340. The summed E-state index contributed by atoms with van der Waals surface area (Å²) in [5.41, 5.74) is 2.02. The molecule has 1 aromatic heterocycles. The third-order valence-corrected chi connectivity index (χ3v) is 2.28. The Morgan fingerprint density at radius 3 is 2.88 bits per heavy atom. The molecule has 1 aromatic carbocycles. The summed E-state index contributed by atoms with van der Waals surface area (Å²) >= 11 is 0. The molecule has 0 aliphatic heterocycles. The Morgan fingerprint density at radius 2 is 2.19 bits per heavy atom. The number of fused-ring (bicyclic) bond motifs is 1. The van der Waals surface area contributed by atoms with E-state index in [0.29, 0.717) is 6.61 Å². The molecule has 0 bridgehead atoms. The van der Waals surface area contributed by atoms with Crippen LogP contribution >= 0.6 is 0 Å². The lowest BCUT2D eigenvalue weighted by atomic mass is 10.3. The third-order valence-electron chi connectivity index (χ3n) is 2.28. The quantitative estimate of drug-likeness (QED) is 0.855. The second-order valence-electron chi connectivity index (χ2n) is 4.03. The Bertz CT molecular complexity index is 476. The lowest BCUT2D eigenvalue weighted by Gasteiger charge is -2.05. The summed E-state index contributed by atoms with van der Waals surface area (Å²) in [7, 11) is 4.05. The summed E-state index contributed by atoms with van der Waals surface area (Å²) < 4.78 is 5.45. The first kappa shape index (κ1) is 11.0. The number of aromatic nitrogens is 2. The van der Waals surface area contributed by atoms with E-state index in [0.717, 1.165) is 29.2 Å². The summed E-state index contributed by atoms with van der Waals surface area (Å²) in [6, 6.07) is 5.92. The monoisotopic (exact) mass is 219 g/mol. The molecule has 2 rings (SSSR count). The predicted octanol–water partition coefficient (Wildman–Crippen LogP) is 2.02. The summed E-state index contributed by atoms with van der Waals surface area (Å²) in [5, 5.41) is 0. The fraction of sp³-hybridized carbons (Fsp3) is 0.417. The number of benzene rings is 1. The first-order chi connectivity index (χ1) is 7.69.